The zero-order chi connectivity index (χ0) is 15.7. The fraction of sp³-hybridized carbons (Fsp3) is 0.0625. The third-order valence-corrected chi connectivity index (χ3v) is 4.08. The lowest BCUT2D eigenvalue weighted by atomic mass is 10.1. The standard InChI is InChI=1S/C16H11FN2O2S/c1-9(20)10-5-7-11(8-6-10)15(21)19-16-18-14-12(17)3-2-4-13(14)22-16/h2-8H,1H3,(H,18,19,21). The van der Waals surface area contributed by atoms with Crippen LogP contribution in [-0.2, 0) is 0 Å². The Hall–Kier alpha value is -2.60. The summed E-state index contributed by atoms with van der Waals surface area (Å²) in [6, 6.07) is 11.0. The van der Waals surface area contributed by atoms with Gasteiger partial charge in [0.05, 0.1) is 4.70 Å². The van der Waals surface area contributed by atoms with Gasteiger partial charge < -0.3 is 0 Å². The Morgan fingerprint density at radius 2 is 1.77 bits per heavy atom. The molecule has 0 spiro atoms. The maximum absolute atomic E-state index is 13.6. The number of rotatable bonds is 3. The van der Waals surface area contributed by atoms with Gasteiger partial charge in [-0.25, -0.2) is 9.37 Å². The van der Waals surface area contributed by atoms with Gasteiger partial charge in [0, 0.05) is 11.1 Å². The molecule has 0 aliphatic heterocycles. The second-order valence-corrected chi connectivity index (χ2v) is 5.72. The lowest BCUT2D eigenvalue weighted by molar-refractivity contribution is 0.101. The molecule has 0 aliphatic carbocycles. The first kappa shape index (κ1) is 14.3. The number of hydrogen-bond donors (Lipinski definition) is 1. The predicted octanol–water partition coefficient (Wildman–Crippen LogP) is 3.89. The van der Waals surface area contributed by atoms with E-state index in [-0.39, 0.29) is 17.2 Å². The fourth-order valence-electron chi connectivity index (χ4n) is 1.99. The van der Waals surface area contributed by atoms with E-state index in [1.54, 1.807) is 36.4 Å². The number of fused-ring (bicyclic) bond motifs is 1. The highest BCUT2D eigenvalue weighted by Gasteiger charge is 2.12. The molecule has 1 N–H and O–H groups in total. The molecule has 0 unspecified atom stereocenters. The van der Waals surface area contributed by atoms with Gasteiger partial charge in [-0.3, -0.25) is 14.9 Å². The van der Waals surface area contributed by atoms with Gasteiger partial charge >= 0.3 is 0 Å². The van der Waals surface area contributed by atoms with Crippen LogP contribution in [0.5, 0.6) is 0 Å². The Balaban J connectivity index is 1.83. The normalized spacial score (nSPS) is 10.6. The summed E-state index contributed by atoms with van der Waals surface area (Å²) in [4.78, 5) is 27.4. The highest BCUT2D eigenvalue weighted by molar-refractivity contribution is 7.22. The second kappa shape index (κ2) is 5.65. The van der Waals surface area contributed by atoms with Crippen molar-refractivity contribution < 1.29 is 14.0 Å². The van der Waals surface area contributed by atoms with E-state index in [1.165, 1.54) is 24.3 Å². The predicted molar refractivity (Wildman–Crippen MR) is 84.0 cm³/mol. The van der Waals surface area contributed by atoms with Gasteiger partial charge in [-0.1, -0.05) is 29.5 Å². The van der Waals surface area contributed by atoms with Crippen LogP contribution in [0.15, 0.2) is 42.5 Å². The number of para-hydroxylation sites is 1. The minimum atomic E-state index is -0.417. The second-order valence-electron chi connectivity index (χ2n) is 4.69. The van der Waals surface area contributed by atoms with Crippen LogP contribution in [0, 0.1) is 5.82 Å². The van der Waals surface area contributed by atoms with Crippen molar-refractivity contribution in [2.24, 2.45) is 0 Å². The van der Waals surface area contributed by atoms with E-state index in [9.17, 15) is 14.0 Å². The third kappa shape index (κ3) is 2.73. The zero-order valence-electron chi connectivity index (χ0n) is 11.6. The van der Waals surface area contributed by atoms with Crippen LogP contribution in [0.3, 0.4) is 0 Å². The number of nitrogens with one attached hydrogen (secondary N) is 1. The number of aromatic nitrogens is 1. The first-order chi connectivity index (χ1) is 10.5. The molecular weight excluding hydrogens is 303 g/mol. The summed E-state index contributed by atoms with van der Waals surface area (Å²) in [5.41, 5.74) is 1.19. The lowest BCUT2D eigenvalue weighted by Crippen LogP contribution is -2.11. The van der Waals surface area contributed by atoms with E-state index in [0.29, 0.717) is 21.0 Å². The number of hydrogen-bond acceptors (Lipinski definition) is 4. The number of carbonyl (C=O) groups is 2. The number of anilines is 1. The van der Waals surface area contributed by atoms with Crippen LogP contribution in [0.4, 0.5) is 9.52 Å². The van der Waals surface area contributed by atoms with Gasteiger partial charge in [0.25, 0.3) is 5.91 Å². The summed E-state index contributed by atoms with van der Waals surface area (Å²) in [5.74, 6) is -0.830. The highest BCUT2D eigenvalue weighted by atomic mass is 32.1. The van der Waals surface area contributed by atoms with Crippen molar-refractivity contribution in [3.05, 3.63) is 59.4 Å². The molecule has 1 aromatic heterocycles. The first-order valence-electron chi connectivity index (χ1n) is 6.52. The molecule has 1 heterocycles. The third-order valence-electron chi connectivity index (χ3n) is 3.14. The zero-order valence-corrected chi connectivity index (χ0v) is 12.4. The number of Topliss-reactive ketones (excluding diaryl/α,β-unsaturated/α-hetero) is 1. The molecule has 2 aromatic carbocycles. The van der Waals surface area contributed by atoms with Crippen LogP contribution in [0.2, 0.25) is 0 Å². The highest BCUT2D eigenvalue weighted by Crippen LogP contribution is 2.27. The molecule has 22 heavy (non-hydrogen) atoms. The molecule has 110 valence electrons. The van der Waals surface area contributed by atoms with E-state index in [1.807, 2.05) is 0 Å². The summed E-state index contributed by atoms with van der Waals surface area (Å²) < 4.78 is 14.2. The molecule has 0 radical (unpaired) electrons. The summed E-state index contributed by atoms with van der Waals surface area (Å²) in [7, 11) is 0. The summed E-state index contributed by atoms with van der Waals surface area (Å²) >= 11 is 1.21. The monoisotopic (exact) mass is 314 g/mol. The van der Waals surface area contributed by atoms with Crippen molar-refractivity contribution in [3.63, 3.8) is 0 Å². The number of thiazole rings is 1. The van der Waals surface area contributed by atoms with Crippen LogP contribution >= 0.6 is 11.3 Å². The molecule has 1 amide bonds. The maximum atomic E-state index is 13.6. The number of benzene rings is 2. The topological polar surface area (TPSA) is 59.1 Å². The molecule has 3 rings (SSSR count). The van der Waals surface area contributed by atoms with Crippen molar-refractivity contribution in [1.29, 1.82) is 0 Å². The first-order valence-corrected chi connectivity index (χ1v) is 7.33. The van der Waals surface area contributed by atoms with Crippen molar-refractivity contribution in [1.82, 2.24) is 4.98 Å². The molecule has 0 bridgehead atoms. The van der Waals surface area contributed by atoms with Gasteiger partial charge in [0.15, 0.2) is 10.9 Å². The Bertz CT molecular complexity index is 871. The molecule has 4 nitrogen and oxygen atoms in total. The number of amides is 1. The van der Waals surface area contributed by atoms with Crippen molar-refractivity contribution >= 4 is 38.4 Å². The van der Waals surface area contributed by atoms with Crippen molar-refractivity contribution in [2.45, 2.75) is 6.92 Å². The number of ketones is 1. The van der Waals surface area contributed by atoms with Crippen LogP contribution in [0.1, 0.15) is 27.6 Å². The summed E-state index contributed by atoms with van der Waals surface area (Å²) in [6.45, 7) is 1.46. The SMILES string of the molecule is CC(=O)c1ccc(C(=O)Nc2nc3c(F)cccc3s2)cc1. The molecule has 0 saturated heterocycles. The Morgan fingerprint density at radius 3 is 2.41 bits per heavy atom. The van der Waals surface area contributed by atoms with Crippen LogP contribution in [0.25, 0.3) is 10.2 Å². The molecule has 0 saturated carbocycles. The van der Waals surface area contributed by atoms with Gasteiger partial charge in [-0.05, 0) is 31.2 Å². The van der Waals surface area contributed by atoms with E-state index < -0.39 is 5.82 Å². The fourth-order valence-corrected chi connectivity index (χ4v) is 2.87. The van der Waals surface area contributed by atoms with E-state index >= 15 is 0 Å². The lowest BCUT2D eigenvalue weighted by Gasteiger charge is -2.02. The Morgan fingerprint density at radius 1 is 1.09 bits per heavy atom. The largest absolute Gasteiger partial charge is 0.298 e. The Labute approximate surface area is 129 Å². The average Bonchev–Trinajstić information content (AvgIpc) is 2.91. The molecule has 6 heteroatoms. The molecular formula is C16H11FN2O2S. The van der Waals surface area contributed by atoms with E-state index in [4.69, 9.17) is 0 Å². The minimum Gasteiger partial charge on any atom is -0.298 e. The van der Waals surface area contributed by atoms with Gasteiger partial charge in [-0.2, -0.15) is 0 Å². The average molecular weight is 314 g/mol. The van der Waals surface area contributed by atoms with Crippen molar-refractivity contribution in [3.8, 4) is 0 Å². The smallest absolute Gasteiger partial charge is 0.257 e. The summed E-state index contributed by atoms with van der Waals surface area (Å²) in [6.07, 6.45) is 0. The number of halogens is 1. The van der Waals surface area contributed by atoms with Crippen LogP contribution < -0.4 is 5.32 Å². The number of nitrogens with zero attached hydrogens (tertiary/aromatic N) is 1. The van der Waals surface area contributed by atoms with Gasteiger partial charge in [-0.15, -0.1) is 0 Å². The maximum Gasteiger partial charge on any atom is 0.257 e. The van der Waals surface area contributed by atoms with Gasteiger partial charge in [0.1, 0.15) is 11.3 Å². The van der Waals surface area contributed by atoms with E-state index in [2.05, 4.69) is 10.3 Å². The van der Waals surface area contributed by atoms with E-state index in [0.717, 1.165) is 0 Å². The van der Waals surface area contributed by atoms with Crippen LogP contribution in [-0.4, -0.2) is 16.7 Å². The quantitative estimate of drug-likeness (QED) is 0.746. The molecule has 0 atom stereocenters. The number of carbonyl (C=O) groups excluding carboxylic acids is 2. The minimum absolute atomic E-state index is 0.0615. The molecule has 0 fully saturated rings. The van der Waals surface area contributed by atoms with Crippen molar-refractivity contribution in [2.75, 3.05) is 5.32 Å². The molecule has 0 aliphatic rings. The summed E-state index contributed by atoms with van der Waals surface area (Å²) in [5, 5.41) is 2.97. The van der Waals surface area contributed by atoms with Gasteiger partial charge in [0.2, 0.25) is 0 Å². The molecule has 3 aromatic rings. The Kier molecular flexibility index (Phi) is 3.68.